The molecule has 1 aromatic carbocycles. The fourth-order valence-electron chi connectivity index (χ4n) is 1.42. The van der Waals surface area contributed by atoms with Crippen LogP contribution < -0.4 is 5.73 Å². The van der Waals surface area contributed by atoms with Gasteiger partial charge in [-0.05, 0) is 35.0 Å². The largest absolute Gasteiger partial charge is 0.326 e. The normalized spacial score (nSPS) is 10.9. The number of halogens is 3. The van der Waals surface area contributed by atoms with Crippen LogP contribution in [-0.2, 0) is 6.54 Å². The van der Waals surface area contributed by atoms with Gasteiger partial charge in [0.05, 0.1) is 10.2 Å². The van der Waals surface area contributed by atoms with Crippen LogP contribution in [0.2, 0.25) is 0 Å². The zero-order chi connectivity index (χ0) is 12.6. The summed E-state index contributed by atoms with van der Waals surface area (Å²) >= 11 is 4.43. The van der Waals surface area contributed by atoms with Crippen molar-refractivity contribution in [3.05, 3.63) is 38.8 Å². The summed E-state index contributed by atoms with van der Waals surface area (Å²) in [5.74, 6) is -1.78. The maximum atomic E-state index is 13.4. The standard InChI is InChI=1S/C11H9BrF2N2S/c1-5-8(4-15)17-11(16-5)6-2-3-7(13)10(14)9(6)12/h2-3H,4,15H2,1H3. The highest BCUT2D eigenvalue weighted by atomic mass is 79.9. The molecular weight excluding hydrogens is 310 g/mol. The molecule has 0 bridgehead atoms. The van der Waals surface area contributed by atoms with Crippen molar-refractivity contribution in [3.63, 3.8) is 0 Å². The Bertz CT molecular complexity index is 569. The minimum atomic E-state index is -0.898. The van der Waals surface area contributed by atoms with Crippen LogP contribution in [0.5, 0.6) is 0 Å². The van der Waals surface area contributed by atoms with Crippen molar-refractivity contribution in [1.82, 2.24) is 4.98 Å². The first-order valence-corrected chi connectivity index (χ1v) is 6.45. The van der Waals surface area contributed by atoms with Crippen molar-refractivity contribution in [3.8, 4) is 10.6 Å². The Hall–Kier alpha value is -0.850. The first-order valence-electron chi connectivity index (χ1n) is 4.84. The zero-order valence-electron chi connectivity index (χ0n) is 8.93. The zero-order valence-corrected chi connectivity index (χ0v) is 11.3. The molecule has 0 fully saturated rings. The summed E-state index contributed by atoms with van der Waals surface area (Å²) in [4.78, 5) is 5.24. The summed E-state index contributed by atoms with van der Waals surface area (Å²) < 4.78 is 26.5. The number of hydrogen-bond acceptors (Lipinski definition) is 3. The van der Waals surface area contributed by atoms with Crippen molar-refractivity contribution in [2.75, 3.05) is 0 Å². The molecular formula is C11H9BrF2N2S. The number of nitrogens with zero attached hydrogens (tertiary/aromatic N) is 1. The van der Waals surface area contributed by atoms with Crippen LogP contribution in [-0.4, -0.2) is 4.98 Å². The van der Waals surface area contributed by atoms with Gasteiger partial charge in [-0.3, -0.25) is 0 Å². The van der Waals surface area contributed by atoms with Gasteiger partial charge in [-0.2, -0.15) is 0 Å². The average Bonchev–Trinajstić information content (AvgIpc) is 2.67. The molecule has 2 rings (SSSR count). The van der Waals surface area contributed by atoms with Crippen molar-refractivity contribution >= 4 is 27.3 Å². The summed E-state index contributed by atoms with van der Waals surface area (Å²) in [5, 5.41) is 0.633. The lowest BCUT2D eigenvalue weighted by Crippen LogP contribution is -1.94. The van der Waals surface area contributed by atoms with Crippen LogP contribution >= 0.6 is 27.3 Å². The Morgan fingerprint density at radius 2 is 2.12 bits per heavy atom. The quantitative estimate of drug-likeness (QED) is 0.859. The maximum absolute atomic E-state index is 13.4. The molecule has 0 amide bonds. The highest BCUT2D eigenvalue weighted by Crippen LogP contribution is 2.35. The molecule has 2 nitrogen and oxygen atoms in total. The fraction of sp³-hybridized carbons (Fsp3) is 0.182. The van der Waals surface area contributed by atoms with Crippen molar-refractivity contribution in [2.45, 2.75) is 13.5 Å². The minimum absolute atomic E-state index is 0.0924. The third-order valence-electron chi connectivity index (χ3n) is 2.34. The lowest BCUT2D eigenvalue weighted by molar-refractivity contribution is 0.505. The predicted octanol–water partition coefficient (Wildman–Crippen LogP) is 3.62. The molecule has 0 saturated carbocycles. The maximum Gasteiger partial charge on any atom is 0.173 e. The van der Waals surface area contributed by atoms with Crippen LogP contribution in [0, 0.1) is 18.6 Å². The number of nitrogens with two attached hydrogens (primary N) is 1. The van der Waals surface area contributed by atoms with E-state index in [-0.39, 0.29) is 4.47 Å². The van der Waals surface area contributed by atoms with Gasteiger partial charge in [0.25, 0.3) is 0 Å². The lowest BCUT2D eigenvalue weighted by Gasteiger charge is -2.02. The molecule has 90 valence electrons. The average molecular weight is 319 g/mol. The van der Waals surface area contributed by atoms with E-state index in [9.17, 15) is 8.78 Å². The topological polar surface area (TPSA) is 38.9 Å². The second-order valence-corrected chi connectivity index (χ2v) is 5.33. The van der Waals surface area contributed by atoms with E-state index in [1.165, 1.54) is 17.4 Å². The van der Waals surface area contributed by atoms with E-state index in [0.717, 1.165) is 16.6 Å². The Kier molecular flexibility index (Phi) is 3.56. The van der Waals surface area contributed by atoms with E-state index in [2.05, 4.69) is 20.9 Å². The fourth-order valence-corrected chi connectivity index (χ4v) is 3.04. The number of rotatable bonds is 2. The molecule has 6 heteroatoms. The first-order chi connectivity index (χ1) is 8.04. The van der Waals surface area contributed by atoms with Gasteiger partial charge >= 0.3 is 0 Å². The molecule has 0 aliphatic carbocycles. The summed E-state index contributed by atoms with van der Waals surface area (Å²) in [6.07, 6.45) is 0. The van der Waals surface area contributed by atoms with Crippen LogP contribution in [0.3, 0.4) is 0 Å². The van der Waals surface area contributed by atoms with E-state index in [1.807, 2.05) is 6.92 Å². The highest BCUT2D eigenvalue weighted by molar-refractivity contribution is 9.10. The summed E-state index contributed by atoms with van der Waals surface area (Å²) in [6, 6.07) is 2.59. The van der Waals surface area contributed by atoms with Crippen LogP contribution in [0.1, 0.15) is 10.6 Å². The van der Waals surface area contributed by atoms with Crippen molar-refractivity contribution < 1.29 is 8.78 Å². The van der Waals surface area contributed by atoms with Gasteiger partial charge in [0.15, 0.2) is 11.6 Å². The Morgan fingerprint density at radius 3 is 2.71 bits per heavy atom. The smallest absolute Gasteiger partial charge is 0.173 e. The molecule has 17 heavy (non-hydrogen) atoms. The van der Waals surface area contributed by atoms with Gasteiger partial charge in [0, 0.05) is 17.0 Å². The van der Waals surface area contributed by atoms with Gasteiger partial charge in [-0.15, -0.1) is 11.3 Å². The third-order valence-corrected chi connectivity index (χ3v) is 4.33. The van der Waals surface area contributed by atoms with Gasteiger partial charge in [0.1, 0.15) is 5.01 Å². The van der Waals surface area contributed by atoms with Crippen molar-refractivity contribution in [1.29, 1.82) is 0 Å². The minimum Gasteiger partial charge on any atom is -0.326 e. The van der Waals surface area contributed by atoms with Crippen LogP contribution in [0.15, 0.2) is 16.6 Å². The molecule has 0 atom stereocenters. The molecule has 0 aliphatic rings. The molecule has 0 saturated heterocycles. The molecule has 0 aliphatic heterocycles. The molecule has 2 aromatic rings. The van der Waals surface area contributed by atoms with E-state index in [4.69, 9.17) is 5.73 Å². The lowest BCUT2D eigenvalue weighted by atomic mass is 10.2. The molecule has 0 spiro atoms. The van der Waals surface area contributed by atoms with E-state index in [1.54, 1.807) is 0 Å². The first kappa shape index (κ1) is 12.6. The third kappa shape index (κ3) is 2.25. The monoisotopic (exact) mass is 318 g/mol. The number of thiazole rings is 1. The van der Waals surface area contributed by atoms with Gasteiger partial charge in [-0.25, -0.2) is 13.8 Å². The van der Waals surface area contributed by atoms with Crippen molar-refractivity contribution in [2.24, 2.45) is 5.73 Å². The van der Waals surface area contributed by atoms with Gasteiger partial charge < -0.3 is 5.73 Å². The van der Waals surface area contributed by atoms with E-state index in [0.29, 0.717) is 17.1 Å². The number of aromatic nitrogens is 1. The number of aryl methyl sites for hydroxylation is 1. The summed E-state index contributed by atoms with van der Waals surface area (Å²) in [5.41, 5.74) is 6.92. The molecule has 0 radical (unpaired) electrons. The SMILES string of the molecule is Cc1nc(-c2ccc(F)c(F)c2Br)sc1CN. The predicted molar refractivity (Wildman–Crippen MR) is 67.8 cm³/mol. The van der Waals surface area contributed by atoms with Crippen LogP contribution in [0.25, 0.3) is 10.6 Å². The van der Waals surface area contributed by atoms with Gasteiger partial charge in [-0.1, -0.05) is 0 Å². The number of benzene rings is 1. The molecule has 1 heterocycles. The van der Waals surface area contributed by atoms with Gasteiger partial charge in [0.2, 0.25) is 0 Å². The number of hydrogen-bond donors (Lipinski definition) is 1. The summed E-state index contributed by atoms with van der Waals surface area (Å²) in [7, 11) is 0. The second-order valence-electron chi connectivity index (χ2n) is 3.45. The Labute approximate surface area is 110 Å². The molecule has 2 N–H and O–H groups in total. The molecule has 0 unspecified atom stereocenters. The molecule has 1 aromatic heterocycles. The Balaban J connectivity index is 2.57. The highest BCUT2D eigenvalue weighted by Gasteiger charge is 2.16. The Morgan fingerprint density at radius 1 is 1.41 bits per heavy atom. The van der Waals surface area contributed by atoms with Crippen LogP contribution in [0.4, 0.5) is 8.78 Å². The summed E-state index contributed by atoms with van der Waals surface area (Å²) in [6.45, 7) is 2.24. The van der Waals surface area contributed by atoms with E-state index >= 15 is 0 Å². The van der Waals surface area contributed by atoms with E-state index < -0.39 is 11.6 Å². The second kappa shape index (κ2) is 4.80.